The van der Waals surface area contributed by atoms with Gasteiger partial charge in [-0.05, 0) is 19.5 Å². The van der Waals surface area contributed by atoms with Crippen LogP contribution in [0.3, 0.4) is 0 Å². The molecule has 0 spiro atoms. The van der Waals surface area contributed by atoms with Crippen molar-refractivity contribution in [3.8, 4) is 0 Å². The molecular formula is C20H26F3N9O. The maximum absolute atomic E-state index is 12.8. The second-order valence-electron chi connectivity index (χ2n) is 8.46. The van der Waals surface area contributed by atoms with Crippen molar-refractivity contribution < 1.29 is 18.3 Å². The van der Waals surface area contributed by atoms with E-state index in [0.717, 1.165) is 10.9 Å². The molecule has 1 fully saturated rings. The number of hydrogen-bond acceptors (Lipinski definition) is 9. The van der Waals surface area contributed by atoms with E-state index in [1.807, 2.05) is 21.7 Å². The number of alkyl halides is 3. The number of fused-ring (bicyclic) bond motifs is 1. The fraction of sp³-hybridized carbons (Fsp3) is 0.550. The molecule has 4 rings (SSSR count). The summed E-state index contributed by atoms with van der Waals surface area (Å²) in [7, 11) is 3.72. The van der Waals surface area contributed by atoms with Gasteiger partial charge in [0.1, 0.15) is 12.9 Å². The average Bonchev–Trinajstić information content (AvgIpc) is 3.35. The van der Waals surface area contributed by atoms with Crippen molar-refractivity contribution in [3.63, 3.8) is 0 Å². The summed E-state index contributed by atoms with van der Waals surface area (Å²) in [5, 5.41) is 11.0. The van der Waals surface area contributed by atoms with Crippen LogP contribution in [0.5, 0.6) is 0 Å². The largest absolute Gasteiger partial charge is 0.406 e. The van der Waals surface area contributed by atoms with Gasteiger partial charge >= 0.3 is 6.18 Å². The minimum atomic E-state index is -4.37. The number of halogens is 3. The van der Waals surface area contributed by atoms with Crippen LogP contribution in [0.1, 0.15) is 6.42 Å². The van der Waals surface area contributed by atoms with E-state index < -0.39 is 18.3 Å². The fourth-order valence-corrected chi connectivity index (χ4v) is 4.08. The first-order chi connectivity index (χ1) is 15.6. The molecule has 4 heterocycles. The smallest absolute Gasteiger partial charge is 0.387 e. The highest BCUT2D eigenvalue weighted by molar-refractivity contribution is 5.83. The SMILES string of the molecule is CN(CCN(C)c1ncnc2c1ncn2CC(F)(F)F)CC1(O)CCN(c2ncccn2)C1. The minimum Gasteiger partial charge on any atom is -0.387 e. The summed E-state index contributed by atoms with van der Waals surface area (Å²) in [5.74, 6) is 1.06. The van der Waals surface area contributed by atoms with Crippen LogP contribution in [-0.2, 0) is 6.54 Å². The van der Waals surface area contributed by atoms with E-state index >= 15 is 0 Å². The second-order valence-corrected chi connectivity index (χ2v) is 8.46. The van der Waals surface area contributed by atoms with E-state index in [9.17, 15) is 18.3 Å². The van der Waals surface area contributed by atoms with E-state index in [1.54, 1.807) is 25.5 Å². The molecule has 0 radical (unpaired) electrons. The van der Waals surface area contributed by atoms with E-state index in [1.165, 1.54) is 6.33 Å². The lowest BCUT2D eigenvalue weighted by atomic mass is 10.0. The Morgan fingerprint density at radius 3 is 2.58 bits per heavy atom. The Labute approximate surface area is 188 Å². The van der Waals surface area contributed by atoms with Crippen LogP contribution in [0, 0.1) is 0 Å². The van der Waals surface area contributed by atoms with Crippen LogP contribution < -0.4 is 9.80 Å². The number of rotatable bonds is 8. The standard InChI is InChI=1S/C20H26F3N9O/c1-29(10-19(33)4-7-31(11-19)18-24-5-3-6-25-18)8-9-30(2)16-15-17(27-13-26-16)32(14-28-15)12-20(21,22)23/h3,5-6,13-14,33H,4,7-12H2,1-2H3. The summed E-state index contributed by atoms with van der Waals surface area (Å²) in [4.78, 5) is 26.6. The molecular weight excluding hydrogens is 439 g/mol. The highest BCUT2D eigenvalue weighted by atomic mass is 19.4. The molecule has 178 valence electrons. The third-order valence-electron chi connectivity index (χ3n) is 5.64. The lowest BCUT2D eigenvalue weighted by Crippen LogP contribution is -2.45. The molecule has 3 aromatic heterocycles. The molecule has 10 nitrogen and oxygen atoms in total. The van der Waals surface area contributed by atoms with Gasteiger partial charge in [0.2, 0.25) is 5.95 Å². The van der Waals surface area contributed by atoms with Gasteiger partial charge < -0.3 is 24.4 Å². The lowest BCUT2D eigenvalue weighted by Gasteiger charge is -2.30. The third kappa shape index (κ3) is 5.47. The first-order valence-corrected chi connectivity index (χ1v) is 10.5. The zero-order valence-corrected chi connectivity index (χ0v) is 18.4. The van der Waals surface area contributed by atoms with E-state index in [2.05, 4.69) is 24.9 Å². The topological polar surface area (TPSA) is 99.3 Å². The Morgan fingerprint density at radius 2 is 1.85 bits per heavy atom. The molecule has 0 bridgehead atoms. The number of aliphatic hydroxyl groups is 1. The van der Waals surface area contributed by atoms with Crippen LogP contribution in [-0.4, -0.2) is 98.1 Å². The minimum absolute atomic E-state index is 0.140. The van der Waals surface area contributed by atoms with Crippen LogP contribution in [0.4, 0.5) is 24.9 Å². The number of hydrogen-bond donors (Lipinski definition) is 1. The van der Waals surface area contributed by atoms with Crippen molar-refractivity contribution >= 4 is 22.9 Å². The van der Waals surface area contributed by atoms with Gasteiger partial charge in [-0.1, -0.05) is 0 Å². The van der Waals surface area contributed by atoms with Gasteiger partial charge in [0.15, 0.2) is 17.0 Å². The molecule has 0 aliphatic carbocycles. The molecule has 1 atom stereocenters. The monoisotopic (exact) mass is 465 g/mol. The fourth-order valence-electron chi connectivity index (χ4n) is 4.08. The molecule has 0 saturated carbocycles. The molecule has 1 aliphatic rings. The molecule has 1 aliphatic heterocycles. The number of β-amino-alcohol motifs (C(OH)–C–C–N with tert-alkyl or cyclic N) is 1. The Bertz CT molecular complexity index is 1080. The van der Waals surface area contributed by atoms with Crippen molar-refractivity contribution in [1.82, 2.24) is 34.4 Å². The maximum Gasteiger partial charge on any atom is 0.406 e. The quantitative estimate of drug-likeness (QED) is 0.526. The Balaban J connectivity index is 1.35. The number of anilines is 2. The zero-order chi connectivity index (χ0) is 23.6. The summed E-state index contributed by atoms with van der Waals surface area (Å²) >= 11 is 0. The molecule has 3 aromatic rings. The van der Waals surface area contributed by atoms with Crippen LogP contribution in [0.15, 0.2) is 31.1 Å². The van der Waals surface area contributed by atoms with Gasteiger partial charge in [0.25, 0.3) is 0 Å². The van der Waals surface area contributed by atoms with Gasteiger partial charge in [-0.2, -0.15) is 13.2 Å². The summed E-state index contributed by atoms with van der Waals surface area (Å²) in [5.41, 5.74) is -0.425. The predicted octanol–water partition coefficient (Wildman–Crippen LogP) is 1.19. The average molecular weight is 465 g/mol. The third-order valence-corrected chi connectivity index (χ3v) is 5.64. The summed E-state index contributed by atoms with van der Waals surface area (Å²) in [6, 6.07) is 1.75. The van der Waals surface area contributed by atoms with Crippen molar-refractivity contribution in [1.29, 1.82) is 0 Å². The summed E-state index contributed by atoms with van der Waals surface area (Å²) in [6.45, 7) is 1.57. The van der Waals surface area contributed by atoms with E-state index in [0.29, 0.717) is 56.4 Å². The van der Waals surface area contributed by atoms with E-state index in [-0.39, 0.29) is 5.65 Å². The van der Waals surface area contributed by atoms with Crippen molar-refractivity contribution in [2.24, 2.45) is 0 Å². The number of nitrogens with zero attached hydrogens (tertiary/aromatic N) is 9. The molecule has 1 saturated heterocycles. The Morgan fingerprint density at radius 1 is 1.09 bits per heavy atom. The Hall–Kier alpha value is -3.06. The predicted molar refractivity (Wildman–Crippen MR) is 116 cm³/mol. The molecule has 33 heavy (non-hydrogen) atoms. The molecule has 0 aromatic carbocycles. The van der Waals surface area contributed by atoms with Crippen molar-refractivity contribution in [3.05, 3.63) is 31.1 Å². The van der Waals surface area contributed by atoms with Crippen LogP contribution >= 0.6 is 0 Å². The molecule has 1 unspecified atom stereocenters. The number of imidazole rings is 1. The van der Waals surface area contributed by atoms with Gasteiger partial charge in [-0.15, -0.1) is 0 Å². The van der Waals surface area contributed by atoms with Gasteiger partial charge in [0, 0.05) is 45.6 Å². The summed E-state index contributed by atoms with van der Waals surface area (Å²) < 4.78 is 39.4. The maximum atomic E-state index is 12.8. The Kier molecular flexibility index (Phi) is 6.34. The molecule has 0 amide bonds. The first-order valence-electron chi connectivity index (χ1n) is 10.5. The van der Waals surface area contributed by atoms with Crippen molar-refractivity contribution in [2.45, 2.75) is 24.7 Å². The summed E-state index contributed by atoms with van der Waals surface area (Å²) in [6.07, 6.45) is 1.97. The van der Waals surface area contributed by atoms with Crippen LogP contribution in [0.2, 0.25) is 0 Å². The van der Waals surface area contributed by atoms with Gasteiger partial charge in [-0.25, -0.2) is 24.9 Å². The second kappa shape index (κ2) is 9.06. The molecule has 13 heteroatoms. The van der Waals surface area contributed by atoms with E-state index in [4.69, 9.17) is 0 Å². The highest BCUT2D eigenvalue weighted by Gasteiger charge is 2.38. The number of aromatic nitrogens is 6. The zero-order valence-electron chi connectivity index (χ0n) is 18.4. The van der Waals surface area contributed by atoms with Gasteiger partial charge in [0.05, 0.1) is 18.5 Å². The lowest BCUT2D eigenvalue weighted by molar-refractivity contribution is -0.140. The van der Waals surface area contributed by atoms with Crippen molar-refractivity contribution in [2.75, 3.05) is 56.6 Å². The normalized spacial score (nSPS) is 19.1. The number of likely N-dealkylation sites (N-methyl/N-ethyl adjacent to an activating group) is 2. The highest BCUT2D eigenvalue weighted by Crippen LogP contribution is 2.26. The van der Waals surface area contributed by atoms with Crippen LogP contribution in [0.25, 0.3) is 11.2 Å². The van der Waals surface area contributed by atoms with Gasteiger partial charge in [-0.3, -0.25) is 0 Å². The first kappa shape index (κ1) is 23.1. The molecule has 1 N–H and O–H groups in total.